The summed E-state index contributed by atoms with van der Waals surface area (Å²) in [6, 6.07) is 14.2. The van der Waals surface area contributed by atoms with Crippen molar-refractivity contribution in [2.24, 2.45) is 5.11 Å². The van der Waals surface area contributed by atoms with Crippen molar-refractivity contribution < 1.29 is 4.79 Å². The monoisotopic (exact) mass is 266 g/mol. The third-order valence-electron chi connectivity index (χ3n) is 2.91. The third-order valence-corrected chi connectivity index (χ3v) is 2.91. The van der Waals surface area contributed by atoms with Crippen molar-refractivity contribution in [3.63, 3.8) is 0 Å². The normalized spacial score (nSPS) is 9.65. The van der Waals surface area contributed by atoms with E-state index in [1.807, 2.05) is 31.2 Å². The Hall–Kier alpha value is -2.78. The molecule has 0 saturated heterocycles. The number of nitrogens with zero attached hydrogens (tertiary/aromatic N) is 3. The van der Waals surface area contributed by atoms with Gasteiger partial charge in [-0.05, 0) is 35.7 Å². The van der Waals surface area contributed by atoms with E-state index in [0.29, 0.717) is 11.3 Å². The Bertz CT molecular complexity index is 675. The van der Waals surface area contributed by atoms with Crippen LogP contribution in [0, 0.1) is 0 Å². The summed E-state index contributed by atoms with van der Waals surface area (Å²) in [7, 11) is 0. The molecule has 0 aliphatic carbocycles. The zero-order chi connectivity index (χ0) is 14.4. The van der Waals surface area contributed by atoms with Crippen molar-refractivity contribution in [1.82, 2.24) is 0 Å². The van der Waals surface area contributed by atoms with Crippen LogP contribution in [0.5, 0.6) is 0 Å². The summed E-state index contributed by atoms with van der Waals surface area (Å²) in [6.07, 6.45) is 0.842. The Morgan fingerprint density at radius 2 is 2.05 bits per heavy atom. The first kappa shape index (κ1) is 13.6. The van der Waals surface area contributed by atoms with E-state index in [-0.39, 0.29) is 5.91 Å². The Kier molecular flexibility index (Phi) is 4.37. The van der Waals surface area contributed by atoms with Crippen LogP contribution in [0.2, 0.25) is 0 Å². The number of rotatable bonds is 4. The molecule has 0 fully saturated rings. The molecule has 2 aromatic carbocycles. The van der Waals surface area contributed by atoms with Crippen LogP contribution in [0.15, 0.2) is 53.6 Å². The molecular weight excluding hydrogens is 252 g/mol. The molecule has 0 unspecified atom stereocenters. The van der Waals surface area contributed by atoms with Gasteiger partial charge in [-0.25, -0.2) is 0 Å². The van der Waals surface area contributed by atoms with Gasteiger partial charge < -0.3 is 5.32 Å². The van der Waals surface area contributed by atoms with Crippen molar-refractivity contribution >= 4 is 17.3 Å². The Morgan fingerprint density at radius 1 is 1.25 bits per heavy atom. The number of aryl methyl sites for hydroxylation is 1. The van der Waals surface area contributed by atoms with Crippen molar-refractivity contribution in [2.75, 3.05) is 5.32 Å². The first-order chi connectivity index (χ1) is 9.74. The number of amides is 1. The largest absolute Gasteiger partial charge is 0.322 e. The van der Waals surface area contributed by atoms with Crippen molar-refractivity contribution in [1.29, 1.82) is 0 Å². The fraction of sp³-hybridized carbons (Fsp3) is 0.133. The minimum Gasteiger partial charge on any atom is -0.322 e. The Labute approximate surface area is 116 Å². The summed E-state index contributed by atoms with van der Waals surface area (Å²) in [5.41, 5.74) is 11.2. The van der Waals surface area contributed by atoms with Gasteiger partial charge in [-0.3, -0.25) is 4.79 Å². The number of azide groups is 1. The second kappa shape index (κ2) is 6.41. The number of benzene rings is 2. The molecule has 1 N–H and O–H groups in total. The van der Waals surface area contributed by atoms with E-state index >= 15 is 0 Å². The van der Waals surface area contributed by atoms with Crippen LogP contribution in [-0.2, 0) is 6.42 Å². The molecule has 0 atom stereocenters. The molecule has 0 radical (unpaired) electrons. The van der Waals surface area contributed by atoms with Crippen molar-refractivity contribution in [3.8, 4) is 0 Å². The second-order valence-corrected chi connectivity index (χ2v) is 4.20. The minimum atomic E-state index is -0.221. The van der Waals surface area contributed by atoms with Crippen molar-refractivity contribution in [3.05, 3.63) is 70.1 Å². The number of carbonyl (C=O) groups is 1. The molecule has 0 heterocycles. The van der Waals surface area contributed by atoms with Gasteiger partial charge in [0.25, 0.3) is 5.91 Å². The standard InChI is InChI=1S/C15H14N4O/c1-2-11-6-3-4-9-14(11)17-15(20)12-7-5-8-13(10-12)18-19-16/h3-10H,2H2,1H3,(H,17,20). The Balaban J connectivity index is 2.24. The maximum absolute atomic E-state index is 12.2. The molecule has 0 aliphatic rings. The Morgan fingerprint density at radius 3 is 2.80 bits per heavy atom. The van der Waals surface area contributed by atoms with Gasteiger partial charge in [-0.15, -0.1) is 0 Å². The van der Waals surface area contributed by atoms with Gasteiger partial charge in [0.1, 0.15) is 0 Å². The molecule has 2 rings (SSSR count). The zero-order valence-corrected chi connectivity index (χ0v) is 11.1. The number of hydrogen-bond acceptors (Lipinski definition) is 2. The van der Waals surface area contributed by atoms with E-state index in [1.165, 1.54) is 0 Å². The lowest BCUT2D eigenvalue weighted by molar-refractivity contribution is 0.102. The highest BCUT2D eigenvalue weighted by atomic mass is 16.1. The first-order valence-electron chi connectivity index (χ1n) is 6.29. The lowest BCUT2D eigenvalue weighted by Crippen LogP contribution is -2.12. The van der Waals surface area contributed by atoms with E-state index in [4.69, 9.17) is 5.53 Å². The molecule has 5 nitrogen and oxygen atoms in total. The molecular formula is C15H14N4O. The third kappa shape index (κ3) is 3.16. The summed E-state index contributed by atoms with van der Waals surface area (Å²) >= 11 is 0. The van der Waals surface area contributed by atoms with Gasteiger partial charge >= 0.3 is 0 Å². The molecule has 0 saturated carbocycles. The predicted molar refractivity (Wildman–Crippen MR) is 79.0 cm³/mol. The van der Waals surface area contributed by atoms with Gasteiger partial charge in [-0.2, -0.15) is 0 Å². The topological polar surface area (TPSA) is 77.9 Å². The molecule has 0 bridgehead atoms. The number of nitrogens with one attached hydrogen (secondary N) is 1. The SMILES string of the molecule is CCc1ccccc1NC(=O)c1cccc(N=[N+]=[N-])c1. The van der Waals surface area contributed by atoms with Crippen LogP contribution >= 0.6 is 0 Å². The number of carbonyl (C=O) groups excluding carboxylic acids is 1. The molecule has 1 amide bonds. The fourth-order valence-electron chi connectivity index (χ4n) is 1.91. The zero-order valence-electron chi connectivity index (χ0n) is 11.1. The van der Waals surface area contributed by atoms with Crippen LogP contribution in [-0.4, -0.2) is 5.91 Å². The van der Waals surface area contributed by atoms with E-state index in [1.54, 1.807) is 24.3 Å². The predicted octanol–water partition coefficient (Wildman–Crippen LogP) is 4.44. The molecule has 5 heteroatoms. The first-order valence-corrected chi connectivity index (χ1v) is 6.29. The van der Waals surface area contributed by atoms with E-state index in [2.05, 4.69) is 15.3 Å². The number of hydrogen-bond donors (Lipinski definition) is 1. The maximum Gasteiger partial charge on any atom is 0.255 e. The maximum atomic E-state index is 12.2. The highest BCUT2D eigenvalue weighted by Gasteiger charge is 2.08. The number of para-hydroxylation sites is 1. The summed E-state index contributed by atoms with van der Waals surface area (Å²) in [5, 5.41) is 6.36. The van der Waals surface area contributed by atoms with Crippen LogP contribution in [0.3, 0.4) is 0 Å². The molecule has 0 aromatic heterocycles. The van der Waals surface area contributed by atoms with E-state index in [9.17, 15) is 4.79 Å². The minimum absolute atomic E-state index is 0.221. The van der Waals surface area contributed by atoms with E-state index < -0.39 is 0 Å². The van der Waals surface area contributed by atoms with Crippen LogP contribution < -0.4 is 5.32 Å². The average molecular weight is 266 g/mol. The van der Waals surface area contributed by atoms with Crippen molar-refractivity contribution in [2.45, 2.75) is 13.3 Å². The molecule has 0 aliphatic heterocycles. The lowest BCUT2D eigenvalue weighted by atomic mass is 10.1. The summed E-state index contributed by atoms with van der Waals surface area (Å²) < 4.78 is 0. The summed E-state index contributed by atoms with van der Waals surface area (Å²) in [5.74, 6) is -0.221. The number of anilines is 1. The van der Waals surface area contributed by atoms with Gasteiger partial charge in [0.15, 0.2) is 0 Å². The van der Waals surface area contributed by atoms with Gasteiger partial charge in [0.2, 0.25) is 0 Å². The highest BCUT2D eigenvalue weighted by Crippen LogP contribution is 2.19. The molecule has 100 valence electrons. The summed E-state index contributed by atoms with van der Waals surface area (Å²) in [6.45, 7) is 2.03. The van der Waals surface area contributed by atoms with Gasteiger partial charge in [0.05, 0.1) is 0 Å². The van der Waals surface area contributed by atoms with Crippen LogP contribution in [0.4, 0.5) is 11.4 Å². The summed E-state index contributed by atoms with van der Waals surface area (Å²) in [4.78, 5) is 14.9. The quantitative estimate of drug-likeness (QED) is 0.495. The van der Waals surface area contributed by atoms with Crippen LogP contribution in [0.1, 0.15) is 22.8 Å². The highest BCUT2D eigenvalue weighted by molar-refractivity contribution is 6.05. The van der Waals surface area contributed by atoms with Gasteiger partial charge in [-0.1, -0.05) is 42.4 Å². The lowest BCUT2D eigenvalue weighted by Gasteiger charge is -2.09. The second-order valence-electron chi connectivity index (χ2n) is 4.20. The molecule has 20 heavy (non-hydrogen) atoms. The molecule has 0 spiro atoms. The van der Waals surface area contributed by atoms with E-state index in [0.717, 1.165) is 17.7 Å². The average Bonchev–Trinajstić information content (AvgIpc) is 2.48. The smallest absolute Gasteiger partial charge is 0.255 e. The van der Waals surface area contributed by atoms with Crippen LogP contribution in [0.25, 0.3) is 10.4 Å². The fourth-order valence-corrected chi connectivity index (χ4v) is 1.91. The molecule has 2 aromatic rings. The van der Waals surface area contributed by atoms with Gasteiger partial charge in [0, 0.05) is 21.8 Å².